The normalized spacial score (nSPS) is 35.5. The minimum Gasteiger partial charge on any atom is -0.480 e. The molecular weight excluding hydrogens is 242 g/mol. The Morgan fingerprint density at radius 1 is 1.32 bits per heavy atom. The molecule has 4 nitrogen and oxygen atoms in total. The molecule has 1 aromatic rings. The van der Waals surface area contributed by atoms with Gasteiger partial charge in [0.05, 0.1) is 6.10 Å². The molecule has 5 atom stereocenters. The average Bonchev–Trinajstić information content (AvgIpc) is 2.95. The molecule has 2 N–H and O–H groups in total. The predicted octanol–water partition coefficient (Wildman–Crippen LogP) is 1.66. The van der Waals surface area contributed by atoms with Gasteiger partial charge in [-0.1, -0.05) is 30.3 Å². The lowest BCUT2D eigenvalue weighted by Crippen LogP contribution is -2.51. The number of aliphatic carboxylic acids is 1. The zero-order chi connectivity index (χ0) is 13.6. The zero-order valence-electron chi connectivity index (χ0n) is 10.9. The lowest BCUT2D eigenvalue weighted by molar-refractivity contribution is -0.148. The Kier molecular flexibility index (Phi) is 3.07. The van der Waals surface area contributed by atoms with Gasteiger partial charge in [-0.05, 0) is 31.2 Å². The van der Waals surface area contributed by atoms with Gasteiger partial charge in [0.2, 0.25) is 0 Å². The van der Waals surface area contributed by atoms with Gasteiger partial charge in [-0.2, -0.15) is 0 Å². The van der Waals surface area contributed by atoms with E-state index in [9.17, 15) is 15.0 Å². The molecule has 1 aromatic carbocycles. The van der Waals surface area contributed by atoms with Gasteiger partial charge in [-0.3, -0.25) is 9.69 Å². The highest BCUT2D eigenvalue weighted by Gasteiger charge is 2.55. The van der Waals surface area contributed by atoms with Crippen LogP contribution in [0.1, 0.15) is 31.4 Å². The molecule has 102 valence electrons. The van der Waals surface area contributed by atoms with Crippen molar-refractivity contribution in [2.45, 2.75) is 44.0 Å². The second kappa shape index (κ2) is 4.62. The lowest BCUT2D eigenvalue weighted by Gasteiger charge is -2.39. The molecule has 1 aliphatic heterocycles. The molecule has 1 saturated carbocycles. The number of aliphatic hydroxyl groups is 1. The van der Waals surface area contributed by atoms with E-state index < -0.39 is 12.0 Å². The molecule has 1 heterocycles. The van der Waals surface area contributed by atoms with Crippen molar-refractivity contribution in [3.63, 3.8) is 0 Å². The second-order valence-corrected chi connectivity index (χ2v) is 5.68. The van der Waals surface area contributed by atoms with Crippen LogP contribution in [-0.4, -0.2) is 39.3 Å². The van der Waals surface area contributed by atoms with Crippen LogP contribution in [0.15, 0.2) is 30.3 Å². The number of hydrogen-bond acceptors (Lipinski definition) is 3. The highest BCUT2D eigenvalue weighted by Crippen LogP contribution is 2.46. The molecule has 0 unspecified atom stereocenters. The van der Waals surface area contributed by atoms with Crippen LogP contribution in [0.2, 0.25) is 0 Å². The maximum Gasteiger partial charge on any atom is 0.321 e. The Morgan fingerprint density at radius 3 is 2.63 bits per heavy atom. The molecule has 0 radical (unpaired) electrons. The third kappa shape index (κ3) is 1.95. The van der Waals surface area contributed by atoms with Gasteiger partial charge in [0.15, 0.2) is 0 Å². The van der Waals surface area contributed by atoms with Gasteiger partial charge in [0, 0.05) is 12.1 Å². The molecule has 2 fully saturated rings. The molecule has 4 heteroatoms. The smallest absolute Gasteiger partial charge is 0.321 e. The largest absolute Gasteiger partial charge is 0.480 e. The van der Waals surface area contributed by atoms with Gasteiger partial charge >= 0.3 is 5.97 Å². The van der Waals surface area contributed by atoms with Crippen LogP contribution in [0.25, 0.3) is 0 Å². The highest BCUT2D eigenvalue weighted by atomic mass is 16.4. The van der Waals surface area contributed by atoms with Gasteiger partial charge in [-0.25, -0.2) is 0 Å². The van der Waals surface area contributed by atoms with Gasteiger partial charge in [-0.15, -0.1) is 0 Å². The van der Waals surface area contributed by atoms with Gasteiger partial charge in [0.25, 0.3) is 0 Å². The summed E-state index contributed by atoms with van der Waals surface area (Å²) in [5.74, 6) is -0.675. The van der Waals surface area contributed by atoms with Crippen molar-refractivity contribution in [3.8, 4) is 0 Å². The first kappa shape index (κ1) is 12.6. The Morgan fingerprint density at radius 2 is 2.00 bits per heavy atom. The lowest BCUT2D eigenvalue weighted by atomic mass is 9.94. The number of carboxylic acids is 1. The van der Waals surface area contributed by atoms with Crippen molar-refractivity contribution in [2.75, 3.05) is 0 Å². The fraction of sp³-hybridized carbons (Fsp3) is 0.533. The van der Waals surface area contributed by atoms with Crippen LogP contribution < -0.4 is 0 Å². The van der Waals surface area contributed by atoms with Crippen LogP contribution in [0.3, 0.4) is 0 Å². The Hall–Kier alpha value is -1.39. The summed E-state index contributed by atoms with van der Waals surface area (Å²) in [5.41, 5.74) is 1.11. The summed E-state index contributed by atoms with van der Waals surface area (Å²) in [6, 6.07) is 9.47. The van der Waals surface area contributed by atoms with E-state index in [2.05, 4.69) is 0 Å². The predicted molar refractivity (Wildman–Crippen MR) is 70.6 cm³/mol. The fourth-order valence-electron chi connectivity index (χ4n) is 3.82. The quantitative estimate of drug-likeness (QED) is 0.868. The summed E-state index contributed by atoms with van der Waals surface area (Å²) >= 11 is 0. The Balaban J connectivity index is 1.91. The standard InChI is InChI=1S/C15H19NO3/c1-9(10-5-3-2-4-6-10)16-12-7-11(8-13(12)17)14(16)15(18)19/h2-6,9,11-14,17H,7-8H2,1H3,(H,18,19)/t9-,11+,12-,13-,14+/m1/s1. The molecule has 1 aliphatic carbocycles. The number of nitrogens with zero attached hydrogens (tertiary/aromatic N) is 1. The maximum atomic E-state index is 11.5. The number of carboxylic acid groups (broad SMARTS) is 1. The summed E-state index contributed by atoms with van der Waals surface area (Å²) in [7, 11) is 0. The molecule has 0 aromatic heterocycles. The van der Waals surface area contributed by atoms with E-state index in [1.807, 2.05) is 42.2 Å². The summed E-state index contributed by atoms with van der Waals surface area (Å²) in [6.07, 6.45) is 1.04. The second-order valence-electron chi connectivity index (χ2n) is 5.68. The van der Waals surface area contributed by atoms with Gasteiger partial charge in [0.1, 0.15) is 6.04 Å². The van der Waals surface area contributed by atoms with Crippen LogP contribution >= 0.6 is 0 Å². The van der Waals surface area contributed by atoms with Gasteiger partial charge < -0.3 is 10.2 Å². The Bertz CT molecular complexity index is 476. The van der Waals surface area contributed by atoms with E-state index >= 15 is 0 Å². The number of carbonyl (C=O) groups is 1. The van der Waals surface area contributed by atoms with Crippen molar-refractivity contribution < 1.29 is 15.0 Å². The SMILES string of the molecule is C[C@H](c1ccccc1)N1[C@@H]2C[C@@H](C[C@H]2O)[C@H]1C(=O)O. The molecule has 0 amide bonds. The number of likely N-dealkylation sites (tertiary alicyclic amines) is 1. The number of rotatable bonds is 3. The minimum absolute atomic E-state index is 0.0127. The van der Waals surface area contributed by atoms with E-state index in [4.69, 9.17) is 0 Å². The molecular formula is C15H19NO3. The van der Waals surface area contributed by atoms with Crippen LogP contribution in [0, 0.1) is 5.92 Å². The third-order valence-corrected chi connectivity index (χ3v) is 4.67. The monoisotopic (exact) mass is 261 g/mol. The Labute approximate surface area is 112 Å². The molecule has 1 saturated heterocycles. The van der Waals surface area contributed by atoms with E-state index in [1.54, 1.807) is 0 Å². The fourth-order valence-corrected chi connectivity index (χ4v) is 3.82. The first-order valence-electron chi connectivity index (χ1n) is 6.83. The van der Waals surface area contributed by atoms with E-state index in [1.165, 1.54) is 0 Å². The van der Waals surface area contributed by atoms with Crippen LogP contribution in [0.5, 0.6) is 0 Å². The number of aliphatic hydroxyl groups excluding tert-OH is 1. The summed E-state index contributed by atoms with van der Waals surface area (Å²) in [6.45, 7) is 2.03. The summed E-state index contributed by atoms with van der Waals surface area (Å²) in [5, 5.41) is 19.5. The zero-order valence-corrected chi connectivity index (χ0v) is 10.9. The number of piperidine rings is 1. The molecule has 3 rings (SSSR count). The molecule has 0 spiro atoms. The number of fused-ring (bicyclic) bond motifs is 2. The molecule has 2 aliphatic rings. The van der Waals surface area contributed by atoms with Crippen molar-refractivity contribution in [2.24, 2.45) is 5.92 Å². The maximum absolute atomic E-state index is 11.5. The number of hydrogen-bond donors (Lipinski definition) is 2. The summed E-state index contributed by atoms with van der Waals surface area (Å²) < 4.78 is 0. The highest BCUT2D eigenvalue weighted by molar-refractivity contribution is 5.75. The van der Waals surface area contributed by atoms with Crippen LogP contribution in [-0.2, 0) is 4.79 Å². The third-order valence-electron chi connectivity index (χ3n) is 4.67. The number of benzene rings is 1. The van der Waals surface area contributed by atoms with E-state index in [0.29, 0.717) is 6.42 Å². The van der Waals surface area contributed by atoms with Crippen LogP contribution in [0.4, 0.5) is 0 Å². The summed E-state index contributed by atoms with van der Waals surface area (Å²) in [4.78, 5) is 13.5. The molecule has 2 bridgehead atoms. The van der Waals surface area contributed by atoms with E-state index in [0.717, 1.165) is 12.0 Å². The molecule has 19 heavy (non-hydrogen) atoms. The average molecular weight is 261 g/mol. The minimum atomic E-state index is -0.762. The van der Waals surface area contributed by atoms with Crippen molar-refractivity contribution >= 4 is 5.97 Å². The van der Waals surface area contributed by atoms with Crippen molar-refractivity contribution in [3.05, 3.63) is 35.9 Å². The first-order chi connectivity index (χ1) is 9.09. The first-order valence-corrected chi connectivity index (χ1v) is 6.83. The topological polar surface area (TPSA) is 60.8 Å². The van der Waals surface area contributed by atoms with Crippen molar-refractivity contribution in [1.29, 1.82) is 0 Å². The van der Waals surface area contributed by atoms with Crippen molar-refractivity contribution in [1.82, 2.24) is 4.90 Å². The van der Waals surface area contributed by atoms with E-state index in [-0.39, 0.29) is 24.1 Å².